The lowest BCUT2D eigenvalue weighted by molar-refractivity contribution is 0.585. The molecule has 0 aliphatic rings. The Morgan fingerprint density at radius 3 is 2.71 bits per heavy atom. The second-order valence-corrected chi connectivity index (χ2v) is 5.02. The van der Waals surface area contributed by atoms with Gasteiger partial charge in [0.15, 0.2) is 0 Å². The first-order valence-electron chi connectivity index (χ1n) is 6.00. The number of unbranched alkanes of at least 4 members (excludes halogenated alkanes) is 3. The highest BCUT2D eigenvalue weighted by Crippen LogP contribution is 2.16. The van der Waals surface area contributed by atoms with Crippen molar-refractivity contribution in [3.05, 3.63) is 29.8 Å². The molecule has 0 radical (unpaired) electrons. The van der Waals surface area contributed by atoms with E-state index in [0.29, 0.717) is 11.6 Å². The molecule has 0 aliphatic carbocycles. The number of hydrogen-bond donors (Lipinski definition) is 1. The third-order valence-electron chi connectivity index (χ3n) is 2.44. The molecule has 1 aromatic rings. The summed E-state index contributed by atoms with van der Waals surface area (Å²) in [6.45, 7) is 2.19. The van der Waals surface area contributed by atoms with Crippen LogP contribution in [0.1, 0.15) is 32.6 Å². The smallest absolute Gasteiger partial charge is 0.149 e. The van der Waals surface area contributed by atoms with Crippen molar-refractivity contribution in [1.29, 1.82) is 0 Å². The van der Waals surface area contributed by atoms with Crippen molar-refractivity contribution in [2.24, 2.45) is 0 Å². The number of nitrogens with one attached hydrogen (secondary N) is 1. The van der Waals surface area contributed by atoms with E-state index in [-0.39, 0.29) is 0 Å². The Morgan fingerprint density at radius 1 is 1.18 bits per heavy atom. The average Bonchev–Trinajstić information content (AvgIpc) is 2.30. The van der Waals surface area contributed by atoms with Crippen LogP contribution in [0.25, 0.3) is 0 Å². The van der Waals surface area contributed by atoms with Crippen molar-refractivity contribution in [1.82, 2.24) is 0 Å². The van der Waals surface area contributed by atoms with Crippen LogP contribution in [0.2, 0.25) is 0 Å². The maximum atomic E-state index is 13.2. The number of hydrogen-bond acceptors (Lipinski definition) is 2. The molecule has 0 bridgehead atoms. The molecular formula is C13H19F2NS. The Hall–Kier alpha value is -0.770. The zero-order valence-corrected chi connectivity index (χ0v) is 11.0. The molecule has 0 amide bonds. The summed E-state index contributed by atoms with van der Waals surface area (Å²) in [5.41, 5.74) is 0.368. The van der Waals surface area contributed by atoms with Gasteiger partial charge in [0, 0.05) is 6.07 Å². The summed E-state index contributed by atoms with van der Waals surface area (Å²) in [7, 11) is 0. The fraction of sp³-hybridized carbons (Fsp3) is 0.538. The minimum atomic E-state index is -0.541. The van der Waals surface area contributed by atoms with E-state index in [4.69, 9.17) is 0 Å². The number of anilines is 1. The molecule has 1 aromatic carbocycles. The van der Waals surface area contributed by atoms with E-state index in [2.05, 4.69) is 12.2 Å². The Morgan fingerprint density at radius 2 is 2.00 bits per heavy atom. The maximum absolute atomic E-state index is 13.2. The van der Waals surface area contributed by atoms with Crippen molar-refractivity contribution in [3.8, 4) is 0 Å². The highest BCUT2D eigenvalue weighted by molar-refractivity contribution is 7.99. The fourth-order valence-corrected chi connectivity index (χ4v) is 2.27. The van der Waals surface area contributed by atoms with Crippen LogP contribution in [0.5, 0.6) is 0 Å². The van der Waals surface area contributed by atoms with Gasteiger partial charge in [-0.2, -0.15) is 0 Å². The lowest BCUT2D eigenvalue weighted by Gasteiger charge is -2.07. The molecular weight excluding hydrogens is 240 g/mol. The Labute approximate surface area is 106 Å². The first-order valence-corrected chi connectivity index (χ1v) is 7.16. The van der Waals surface area contributed by atoms with Crippen LogP contribution >= 0.6 is 11.8 Å². The van der Waals surface area contributed by atoms with E-state index in [9.17, 15) is 8.78 Å². The van der Waals surface area contributed by atoms with E-state index in [0.717, 1.165) is 11.8 Å². The predicted molar refractivity (Wildman–Crippen MR) is 71.4 cm³/mol. The molecule has 1 N–H and O–H groups in total. The SMILES string of the molecule is CCCCCCSCNc1ccc(F)cc1F. The Bertz CT molecular complexity index is 331. The van der Waals surface area contributed by atoms with Gasteiger partial charge in [0.2, 0.25) is 0 Å². The van der Waals surface area contributed by atoms with Crippen LogP contribution in [0, 0.1) is 11.6 Å². The fourth-order valence-electron chi connectivity index (χ4n) is 1.46. The topological polar surface area (TPSA) is 12.0 Å². The van der Waals surface area contributed by atoms with E-state index in [1.54, 1.807) is 11.8 Å². The quantitative estimate of drug-likeness (QED) is 0.539. The number of thioether (sulfide) groups is 1. The molecule has 17 heavy (non-hydrogen) atoms. The van der Waals surface area contributed by atoms with Gasteiger partial charge >= 0.3 is 0 Å². The highest BCUT2D eigenvalue weighted by atomic mass is 32.2. The lowest BCUT2D eigenvalue weighted by atomic mass is 10.2. The molecule has 0 aromatic heterocycles. The summed E-state index contributed by atoms with van der Waals surface area (Å²) in [4.78, 5) is 0. The summed E-state index contributed by atoms with van der Waals surface area (Å²) >= 11 is 1.74. The highest BCUT2D eigenvalue weighted by Gasteiger charge is 2.02. The van der Waals surface area contributed by atoms with Gasteiger partial charge < -0.3 is 5.32 Å². The summed E-state index contributed by atoms with van der Waals surface area (Å²) in [5.74, 6) is 0.668. The molecule has 0 atom stereocenters. The predicted octanol–water partition coefficient (Wildman–Crippen LogP) is 4.65. The summed E-state index contributed by atoms with van der Waals surface area (Å²) in [6.07, 6.45) is 4.98. The van der Waals surface area contributed by atoms with Gasteiger partial charge in [-0.25, -0.2) is 8.78 Å². The van der Waals surface area contributed by atoms with Crippen LogP contribution in [0.15, 0.2) is 18.2 Å². The normalized spacial score (nSPS) is 10.5. The van der Waals surface area contributed by atoms with Crippen molar-refractivity contribution in [3.63, 3.8) is 0 Å². The van der Waals surface area contributed by atoms with Gasteiger partial charge in [-0.05, 0) is 24.3 Å². The molecule has 0 unspecified atom stereocenters. The molecule has 0 saturated carbocycles. The van der Waals surface area contributed by atoms with Crippen LogP contribution in [0.4, 0.5) is 14.5 Å². The molecule has 0 fully saturated rings. The van der Waals surface area contributed by atoms with E-state index in [1.165, 1.54) is 37.8 Å². The van der Waals surface area contributed by atoms with Gasteiger partial charge in [0.05, 0.1) is 11.6 Å². The van der Waals surface area contributed by atoms with Crippen LogP contribution in [-0.4, -0.2) is 11.6 Å². The standard InChI is InChI=1S/C13H19F2NS/c1-2-3-4-5-8-17-10-16-13-7-6-11(14)9-12(13)15/h6-7,9,16H,2-5,8,10H2,1H3. The van der Waals surface area contributed by atoms with Crippen molar-refractivity contribution < 1.29 is 8.78 Å². The number of rotatable bonds is 8. The van der Waals surface area contributed by atoms with E-state index < -0.39 is 11.6 Å². The van der Waals surface area contributed by atoms with E-state index >= 15 is 0 Å². The van der Waals surface area contributed by atoms with Gasteiger partial charge in [-0.1, -0.05) is 26.2 Å². The van der Waals surface area contributed by atoms with Crippen LogP contribution in [-0.2, 0) is 0 Å². The van der Waals surface area contributed by atoms with Crippen molar-refractivity contribution in [2.45, 2.75) is 32.6 Å². The molecule has 1 nitrogen and oxygen atoms in total. The van der Waals surface area contributed by atoms with E-state index in [1.807, 2.05) is 0 Å². The van der Waals surface area contributed by atoms with Gasteiger partial charge in [0.1, 0.15) is 11.6 Å². The molecule has 0 aliphatic heterocycles. The zero-order valence-electron chi connectivity index (χ0n) is 10.1. The van der Waals surface area contributed by atoms with Gasteiger partial charge in [-0.15, -0.1) is 11.8 Å². The third-order valence-corrected chi connectivity index (χ3v) is 3.36. The summed E-state index contributed by atoms with van der Waals surface area (Å²) in [5, 5.41) is 2.95. The largest absolute Gasteiger partial charge is 0.374 e. The minimum absolute atomic E-state index is 0.368. The number of halogens is 2. The molecule has 0 heterocycles. The van der Waals surface area contributed by atoms with Crippen LogP contribution in [0.3, 0.4) is 0 Å². The van der Waals surface area contributed by atoms with Crippen molar-refractivity contribution in [2.75, 3.05) is 16.9 Å². The maximum Gasteiger partial charge on any atom is 0.149 e. The Balaban J connectivity index is 2.14. The van der Waals surface area contributed by atoms with Gasteiger partial charge in [-0.3, -0.25) is 0 Å². The summed E-state index contributed by atoms with van der Waals surface area (Å²) in [6, 6.07) is 3.59. The molecule has 4 heteroatoms. The lowest BCUT2D eigenvalue weighted by Crippen LogP contribution is -2.01. The first kappa shape index (κ1) is 14.3. The third kappa shape index (κ3) is 5.91. The van der Waals surface area contributed by atoms with Crippen LogP contribution < -0.4 is 5.32 Å². The Kier molecular flexibility index (Phi) is 7.01. The monoisotopic (exact) mass is 259 g/mol. The van der Waals surface area contributed by atoms with Crippen molar-refractivity contribution >= 4 is 17.4 Å². The average molecular weight is 259 g/mol. The molecule has 0 saturated heterocycles. The van der Waals surface area contributed by atoms with Gasteiger partial charge in [0.25, 0.3) is 0 Å². The molecule has 0 spiro atoms. The molecule has 96 valence electrons. The zero-order chi connectivity index (χ0) is 12.5. The minimum Gasteiger partial charge on any atom is -0.374 e. The number of benzene rings is 1. The first-order chi connectivity index (χ1) is 8.24. The molecule has 1 rings (SSSR count). The summed E-state index contributed by atoms with van der Waals surface area (Å²) < 4.78 is 25.9. The second kappa shape index (κ2) is 8.34. The second-order valence-electron chi connectivity index (χ2n) is 3.91.